The standard InChI is InChI=1S/C13H19N3O3.ClH/c1-10(8-14)9-15-13(17)6-5-11-3-2-4-12(7-11)16(18)19;/h2-4,7,10H,5-6,8-9,14H2,1H3,(H,15,17);1H. The second kappa shape index (κ2) is 9.28. The normalized spacial score (nSPS) is 11.3. The van der Waals surface area contributed by atoms with Crippen molar-refractivity contribution in [3.63, 3.8) is 0 Å². The lowest BCUT2D eigenvalue weighted by atomic mass is 10.1. The molecule has 1 amide bonds. The topological polar surface area (TPSA) is 98.3 Å². The van der Waals surface area contributed by atoms with E-state index in [1.165, 1.54) is 12.1 Å². The summed E-state index contributed by atoms with van der Waals surface area (Å²) in [4.78, 5) is 21.7. The van der Waals surface area contributed by atoms with Crippen molar-refractivity contribution in [2.45, 2.75) is 19.8 Å². The fourth-order valence-corrected chi connectivity index (χ4v) is 1.54. The highest BCUT2D eigenvalue weighted by atomic mass is 35.5. The Kier molecular flexibility index (Phi) is 8.51. The number of nitro groups is 1. The molecule has 0 saturated heterocycles. The molecule has 0 fully saturated rings. The van der Waals surface area contributed by atoms with Crippen LogP contribution in [0.5, 0.6) is 0 Å². The molecule has 6 nitrogen and oxygen atoms in total. The number of nitro benzene ring substituents is 1. The molecule has 1 aromatic carbocycles. The van der Waals surface area contributed by atoms with Gasteiger partial charge in [0.15, 0.2) is 0 Å². The van der Waals surface area contributed by atoms with E-state index >= 15 is 0 Å². The summed E-state index contributed by atoms with van der Waals surface area (Å²) in [5, 5.41) is 13.4. The van der Waals surface area contributed by atoms with Crippen LogP contribution < -0.4 is 11.1 Å². The van der Waals surface area contributed by atoms with Crippen LogP contribution in [0.3, 0.4) is 0 Å². The zero-order valence-corrected chi connectivity index (χ0v) is 12.2. The molecule has 0 radical (unpaired) electrons. The first kappa shape index (κ1) is 18.3. The Morgan fingerprint density at radius 1 is 1.50 bits per heavy atom. The second-order valence-corrected chi connectivity index (χ2v) is 4.57. The van der Waals surface area contributed by atoms with Gasteiger partial charge in [-0.25, -0.2) is 0 Å². The van der Waals surface area contributed by atoms with Crippen molar-refractivity contribution in [2.24, 2.45) is 11.7 Å². The Balaban J connectivity index is 0.00000361. The van der Waals surface area contributed by atoms with Gasteiger partial charge in [0.05, 0.1) is 4.92 Å². The summed E-state index contributed by atoms with van der Waals surface area (Å²) in [6.45, 7) is 3.05. The molecule has 1 atom stereocenters. The molecule has 0 bridgehead atoms. The number of non-ortho nitro benzene ring substituents is 1. The van der Waals surface area contributed by atoms with Crippen LogP contribution in [0, 0.1) is 16.0 Å². The summed E-state index contributed by atoms with van der Waals surface area (Å²) in [6, 6.07) is 6.34. The molecule has 20 heavy (non-hydrogen) atoms. The van der Waals surface area contributed by atoms with E-state index < -0.39 is 4.92 Å². The minimum atomic E-state index is -0.438. The van der Waals surface area contributed by atoms with Crippen molar-refractivity contribution in [2.75, 3.05) is 13.1 Å². The van der Waals surface area contributed by atoms with Crippen LogP contribution in [0.15, 0.2) is 24.3 Å². The summed E-state index contributed by atoms with van der Waals surface area (Å²) in [5.41, 5.74) is 6.29. The molecular weight excluding hydrogens is 282 g/mol. The molecule has 1 unspecified atom stereocenters. The quantitative estimate of drug-likeness (QED) is 0.591. The second-order valence-electron chi connectivity index (χ2n) is 4.57. The molecule has 0 aliphatic rings. The first-order valence-electron chi connectivity index (χ1n) is 6.23. The summed E-state index contributed by atoms with van der Waals surface area (Å²) < 4.78 is 0. The third-order valence-corrected chi connectivity index (χ3v) is 2.81. The average Bonchev–Trinajstić information content (AvgIpc) is 2.42. The minimum Gasteiger partial charge on any atom is -0.356 e. The number of aryl methyl sites for hydroxylation is 1. The molecule has 0 aromatic heterocycles. The van der Waals surface area contributed by atoms with Gasteiger partial charge in [0.1, 0.15) is 0 Å². The van der Waals surface area contributed by atoms with Gasteiger partial charge >= 0.3 is 0 Å². The van der Waals surface area contributed by atoms with Crippen LogP contribution >= 0.6 is 12.4 Å². The van der Waals surface area contributed by atoms with Gasteiger partial charge in [0.2, 0.25) is 5.91 Å². The van der Waals surface area contributed by atoms with Gasteiger partial charge < -0.3 is 11.1 Å². The summed E-state index contributed by atoms with van der Waals surface area (Å²) in [6.07, 6.45) is 0.809. The lowest BCUT2D eigenvalue weighted by Crippen LogP contribution is -2.31. The molecule has 0 aliphatic carbocycles. The molecule has 3 N–H and O–H groups in total. The fraction of sp³-hybridized carbons (Fsp3) is 0.462. The third kappa shape index (κ3) is 6.49. The van der Waals surface area contributed by atoms with E-state index in [2.05, 4.69) is 5.32 Å². The van der Waals surface area contributed by atoms with Gasteiger partial charge in [0, 0.05) is 25.1 Å². The first-order valence-corrected chi connectivity index (χ1v) is 6.23. The lowest BCUT2D eigenvalue weighted by molar-refractivity contribution is -0.384. The predicted molar refractivity (Wildman–Crippen MR) is 79.9 cm³/mol. The van der Waals surface area contributed by atoms with Gasteiger partial charge in [-0.05, 0) is 24.4 Å². The molecule has 112 valence electrons. The van der Waals surface area contributed by atoms with Crippen molar-refractivity contribution in [3.8, 4) is 0 Å². The highest BCUT2D eigenvalue weighted by Crippen LogP contribution is 2.14. The number of benzene rings is 1. The SMILES string of the molecule is CC(CN)CNC(=O)CCc1cccc([N+](=O)[O-])c1.Cl. The van der Waals surface area contributed by atoms with Crippen molar-refractivity contribution >= 4 is 24.0 Å². The van der Waals surface area contributed by atoms with E-state index in [0.29, 0.717) is 25.9 Å². The molecule has 0 aliphatic heterocycles. The Morgan fingerprint density at radius 2 is 2.20 bits per heavy atom. The highest BCUT2D eigenvalue weighted by Gasteiger charge is 2.08. The summed E-state index contributed by atoms with van der Waals surface area (Å²) >= 11 is 0. The van der Waals surface area contributed by atoms with Crippen LogP contribution in [-0.2, 0) is 11.2 Å². The third-order valence-electron chi connectivity index (χ3n) is 2.81. The first-order chi connectivity index (χ1) is 9.02. The number of rotatable bonds is 7. The summed E-state index contributed by atoms with van der Waals surface area (Å²) in [5.74, 6) is 0.188. The molecule has 1 aromatic rings. The van der Waals surface area contributed by atoms with Crippen LogP contribution in [-0.4, -0.2) is 23.9 Å². The number of amides is 1. The maximum atomic E-state index is 11.6. The van der Waals surface area contributed by atoms with Crippen LogP contribution in [0.2, 0.25) is 0 Å². The monoisotopic (exact) mass is 301 g/mol. The maximum Gasteiger partial charge on any atom is 0.269 e. The van der Waals surface area contributed by atoms with Crippen LogP contribution in [0.4, 0.5) is 5.69 Å². The maximum absolute atomic E-state index is 11.6. The van der Waals surface area contributed by atoms with E-state index in [1.807, 2.05) is 6.92 Å². The van der Waals surface area contributed by atoms with E-state index in [0.717, 1.165) is 5.56 Å². The average molecular weight is 302 g/mol. The Labute approximate surface area is 124 Å². The predicted octanol–water partition coefficient (Wildman–Crippen LogP) is 1.66. The fourth-order valence-electron chi connectivity index (χ4n) is 1.54. The van der Waals surface area contributed by atoms with Gasteiger partial charge in [-0.1, -0.05) is 19.1 Å². The number of carbonyl (C=O) groups is 1. The number of carbonyl (C=O) groups excluding carboxylic acids is 1. The van der Waals surface area contributed by atoms with Gasteiger partial charge in [-0.15, -0.1) is 12.4 Å². The number of hydrogen-bond acceptors (Lipinski definition) is 4. The smallest absolute Gasteiger partial charge is 0.269 e. The largest absolute Gasteiger partial charge is 0.356 e. The number of halogens is 1. The molecule has 0 spiro atoms. The van der Waals surface area contributed by atoms with E-state index in [9.17, 15) is 14.9 Å². The highest BCUT2D eigenvalue weighted by molar-refractivity contribution is 5.85. The van der Waals surface area contributed by atoms with E-state index in [-0.39, 0.29) is 29.9 Å². The number of nitrogens with zero attached hydrogens (tertiary/aromatic N) is 1. The van der Waals surface area contributed by atoms with Crippen molar-refractivity contribution < 1.29 is 9.72 Å². The molecule has 0 heterocycles. The van der Waals surface area contributed by atoms with Crippen molar-refractivity contribution in [1.29, 1.82) is 0 Å². The molecule has 7 heteroatoms. The molecule has 1 rings (SSSR count). The Hall–Kier alpha value is -1.66. The van der Waals surface area contributed by atoms with Crippen LogP contribution in [0.1, 0.15) is 18.9 Å². The lowest BCUT2D eigenvalue weighted by Gasteiger charge is -2.09. The van der Waals surface area contributed by atoms with Gasteiger partial charge in [0.25, 0.3) is 5.69 Å². The Bertz CT molecular complexity index is 454. The molecular formula is C13H20ClN3O3. The van der Waals surface area contributed by atoms with Crippen molar-refractivity contribution in [1.82, 2.24) is 5.32 Å². The van der Waals surface area contributed by atoms with Crippen LogP contribution in [0.25, 0.3) is 0 Å². The zero-order valence-electron chi connectivity index (χ0n) is 11.4. The number of nitrogens with two attached hydrogens (primary N) is 1. The number of nitrogens with one attached hydrogen (secondary N) is 1. The van der Waals surface area contributed by atoms with Gasteiger partial charge in [-0.3, -0.25) is 14.9 Å². The van der Waals surface area contributed by atoms with E-state index in [4.69, 9.17) is 5.73 Å². The number of hydrogen-bond donors (Lipinski definition) is 2. The Morgan fingerprint density at radius 3 is 2.80 bits per heavy atom. The zero-order chi connectivity index (χ0) is 14.3. The van der Waals surface area contributed by atoms with E-state index in [1.54, 1.807) is 12.1 Å². The minimum absolute atomic E-state index is 0. The van der Waals surface area contributed by atoms with Crippen molar-refractivity contribution in [3.05, 3.63) is 39.9 Å². The molecule has 0 saturated carbocycles. The summed E-state index contributed by atoms with van der Waals surface area (Å²) in [7, 11) is 0. The van der Waals surface area contributed by atoms with Gasteiger partial charge in [-0.2, -0.15) is 0 Å².